The smallest absolute Gasteiger partial charge is 0.254 e. The Labute approximate surface area is 131 Å². The van der Waals surface area contributed by atoms with Gasteiger partial charge in [0.15, 0.2) is 0 Å². The third-order valence-electron chi connectivity index (χ3n) is 4.33. The third kappa shape index (κ3) is 2.63. The van der Waals surface area contributed by atoms with E-state index in [1.54, 1.807) is 0 Å². The van der Waals surface area contributed by atoms with E-state index in [-0.39, 0.29) is 5.91 Å². The summed E-state index contributed by atoms with van der Waals surface area (Å²) in [5.41, 5.74) is 6.27. The van der Waals surface area contributed by atoms with E-state index in [0.29, 0.717) is 6.54 Å². The van der Waals surface area contributed by atoms with Gasteiger partial charge in [0, 0.05) is 24.2 Å². The molecule has 1 amide bonds. The number of fused-ring (bicyclic) bond motifs is 1. The molecule has 2 heterocycles. The van der Waals surface area contributed by atoms with E-state index in [4.69, 9.17) is 0 Å². The molecule has 0 fully saturated rings. The Morgan fingerprint density at radius 2 is 1.91 bits per heavy atom. The molecule has 0 spiro atoms. The molecule has 1 aromatic heterocycles. The monoisotopic (exact) mass is 294 g/mol. The minimum absolute atomic E-state index is 0.117. The van der Waals surface area contributed by atoms with Crippen molar-refractivity contribution in [2.24, 2.45) is 0 Å². The number of hydrogen-bond acceptors (Lipinski definition) is 2. The molecule has 0 unspecified atom stereocenters. The normalized spacial score (nSPS) is 15.1. The molecule has 1 aliphatic rings. The number of carbonyl (C=O) groups is 1. The van der Waals surface area contributed by atoms with Crippen molar-refractivity contribution in [3.63, 3.8) is 0 Å². The van der Waals surface area contributed by atoms with Crippen molar-refractivity contribution < 1.29 is 4.79 Å². The van der Waals surface area contributed by atoms with Crippen LogP contribution in [0.1, 0.15) is 40.5 Å². The maximum atomic E-state index is 13.0. The van der Waals surface area contributed by atoms with Gasteiger partial charge in [-0.25, -0.2) is 0 Å². The van der Waals surface area contributed by atoms with Crippen molar-refractivity contribution in [1.29, 1.82) is 0 Å². The van der Waals surface area contributed by atoms with Crippen molar-refractivity contribution in [1.82, 2.24) is 9.88 Å². The Balaban J connectivity index is 2.12. The maximum absolute atomic E-state index is 13.0. The average Bonchev–Trinajstić information content (AvgIpc) is 2.45. The number of hydrogen-bond donors (Lipinski definition) is 0. The summed E-state index contributed by atoms with van der Waals surface area (Å²) in [6.07, 6.45) is 3.11. The van der Waals surface area contributed by atoms with Gasteiger partial charge < -0.3 is 4.90 Å². The van der Waals surface area contributed by atoms with E-state index in [9.17, 15) is 4.79 Å². The predicted octanol–water partition coefficient (Wildman–Crippen LogP) is 3.95. The molecule has 2 aromatic rings. The van der Waals surface area contributed by atoms with E-state index in [1.165, 1.54) is 11.1 Å². The van der Waals surface area contributed by atoms with Crippen LogP contribution in [0, 0.1) is 20.8 Å². The van der Waals surface area contributed by atoms with Crippen LogP contribution in [-0.4, -0.2) is 28.9 Å². The van der Waals surface area contributed by atoms with Gasteiger partial charge in [0.25, 0.3) is 5.91 Å². The average molecular weight is 294 g/mol. The minimum Gasteiger partial charge on any atom is -0.335 e. The van der Waals surface area contributed by atoms with E-state index in [0.717, 1.165) is 40.7 Å². The molecule has 114 valence electrons. The topological polar surface area (TPSA) is 33.2 Å². The second-order valence-electron chi connectivity index (χ2n) is 6.34. The summed E-state index contributed by atoms with van der Waals surface area (Å²) in [6.45, 7) is 9.71. The van der Waals surface area contributed by atoms with Gasteiger partial charge in [-0.1, -0.05) is 17.7 Å². The standard InChI is InChI=1S/C19H22N2O/c1-12-5-7-21(8-6-12)19(22)16-11-15(4)20-17-10-13(2)9-14(3)18(16)17/h5,9-11H,6-8H2,1-4H3. The van der Waals surface area contributed by atoms with Crippen molar-refractivity contribution in [2.45, 2.75) is 34.1 Å². The van der Waals surface area contributed by atoms with Crippen molar-refractivity contribution in [3.8, 4) is 0 Å². The Morgan fingerprint density at radius 3 is 2.59 bits per heavy atom. The molecule has 0 radical (unpaired) electrons. The number of benzene rings is 1. The van der Waals surface area contributed by atoms with Crippen LogP contribution in [0.3, 0.4) is 0 Å². The highest BCUT2D eigenvalue weighted by Gasteiger charge is 2.21. The summed E-state index contributed by atoms with van der Waals surface area (Å²) in [6, 6.07) is 6.11. The zero-order valence-corrected chi connectivity index (χ0v) is 13.7. The van der Waals surface area contributed by atoms with Crippen LogP contribution in [0.4, 0.5) is 0 Å². The van der Waals surface area contributed by atoms with Crippen LogP contribution in [0.5, 0.6) is 0 Å². The predicted molar refractivity (Wildman–Crippen MR) is 90.2 cm³/mol. The van der Waals surface area contributed by atoms with Crippen molar-refractivity contribution in [3.05, 3.63) is 52.2 Å². The molecule has 1 aliphatic heterocycles. The second kappa shape index (κ2) is 5.56. The van der Waals surface area contributed by atoms with Gasteiger partial charge in [0.2, 0.25) is 0 Å². The van der Waals surface area contributed by atoms with Crippen molar-refractivity contribution >= 4 is 16.8 Å². The summed E-state index contributed by atoms with van der Waals surface area (Å²) in [5.74, 6) is 0.117. The van der Waals surface area contributed by atoms with Gasteiger partial charge in [0.1, 0.15) is 0 Å². The quantitative estimate of drug-likeness (QED) is 0.746. The Hall–Kier alpha value is -2.16. The van der Waals surface area contributed by atoms with Crippen molar-refractivity contribution in [2.75, 3.05) is 13.1 Å². The maximum Gasteiger partial charge on any atom is 0.254 e. The highest BCUT2D eigenvalue weighted by Crippen LogP contribution is 2.26. The van der Waals surface area contributed by atoms with E-state index >= 15 is 0 Å². The lowest BCUT2D eigenvalue weighted by Gasteiger charge is -2.26. The van der Waals surface area contributed by atoms with Gasteiger partial charge in [-0.3, -0.25) is 9.78 Å². The lowest BCUT2D eigenvalue weighted by atomic mass is 9.99. The molecular weight excluding hydrogens is 272 g/mol. The first-order chi connectivity index (χ1) is 10.5. The molecule has 22 heavy (non-hydrogen) atoms. The van der Waals surface area contributed by atoms with Crippen LogP contribution in [0.15, 0.2) is 29.8 Å². The van der Waals surface area contributed by atoms with Gasteiger partial charge in [0.05, 0.1) is 11.1 Å². The number of carbonyl (C=O) groups excluding carboxylic acids is 1. The van der Waals surface area contributed by atoms with E-state index in [1.807, 2.05) is 17.9 Å². The first kappa shape index (κ1) is 14.8. The fraction of sp³-hybridized carbons (Fsp3) is 0.368. The highest BCUT2D eigenvalue weighted by atomic mass is 16.2. The first-order valence-corrected chi connectivity index (χ1v) is 7.79. The Kier molecular flexibility index (Phi) is 3.73. The summed E-state index contributed by atoms with van der Waals surface area (Å²) in [4.78, 5) is 19.5. The summed E-state index contributed by atoms with van der Waals surface area (Å²) < 4.78 is 0. The Bertz CT molecular complexity index is 784. The highest BCUT2D eigenvalue weighted by molar-refractivity contribution is 6.07. The lowest BCUT2D eigenvalue weighted by molar-refractivity contribution is 0.0771. The molecule has 0 saturated heterocycles. The molecular formula is C19H22N2O. The zero-order valence-electron chi connectivity index (χ0n) is 13.7. The Morgan fingerprint density at radius 1 is 1.14 bits per heavy atom. The van der Waals surface area contributed by atoms with E-state index < -0.39 is 0 Å². The van der Waals surface area contributed by atoms with Crippen LogP contribution in [0.2, 0.25) is 0 Å². The van der Waals surface area contributed by atoms with Gasteiger partial charge in [-0.2, -0.15) is 0 Å². The van der Waals surface area contributed by atoms with Crippen LogP contribution < -0.4 is 0 Å². The molecule has 3 heteroatoms. The van der Waals surface area contributed by atoms with Crippen LogP contribution >= 0.6 is 0 Å². The minimum atomic E-state index is 0.117. The zero-order chi connectivity index (χ0) is 15.9. The largest absolute Gasteiger partial charge is 0.335 e. The van der Waals surface area contributed by atoms with Crippen LogP contribution in [0.25, 0.3) is 10.9 Å². The molecule has 0 atom stereocenters. The number of amides is 1. The number of rotatable bonds is 1. The summed E-state index contributed by atoms with van der Waals surface area (Å²) >= 11 is 0. The molecule has 1 aromatic carbocycles. The van der Waals surface area contributed by atoms with Gasteiger partial charge in [-0.05, 0) is 57.4 Å². The fourth-order valence-electron chi connectivity index (χ4n) is 3.18. The van der Waals surface area contributed by atoms with Gasteiger partial charge >= 0.3 is 0 Å². The number of aryl methyl sites for hydroxylation is 3. The fourth-order valence-corrected chi connectivity index (χ4v) is 3.18. The molecule has 0 saturated carbocycles. The molecule has 3 nitrogen and oxygen atoms in total. The van der Waals surface area contributed by atoms with E-state index in [2.05, 4.69) is 44.0 Å². The SMILES string of the molecule is CC1=CCN(C(=O)c2cc(C)nc3cc(C)cc(C)c23)CC1. The number of nitrogens with zero attached hydrogens (tertiary/aromatic N) is 2. The van der Waals surface area contributed by atoms with Gasteiger partial charge in [-0.15, -0.1) is 0 Å². The lowest BCUT2D eigenvalue weighted by Crippen LogP contribution is -2.34. The number of aromatic nitrogens is 1. The third-order valence-corrected chi connectivity index (χ3v) is 4.33. The second-order valence-corrected chi connectivity index (χ2v) is 6.34. The molecule has 0 aliphatic carbocycles. The first-order valence-electron chi connectivity index (χ1n) is 7.79. The molecule has 0 bridgehead atoms. The molecule has 3 rings (SSSR count). The summed E-state index contributed by atoms with van der Waals surface area (Å²) in [7, 11) is 0. The van der Waals surface area contributed by atoms with Crippen LogP contribution in [-0.2, 0) is 0 Å². The molecule has 0 N–H and O–H groups in total. The number of pyridine rings is 1. The summed E-state index contributed by atoms with van der Waals surface area (Å²) in [5, 5.41) is 0.993.